The van der Waals surface area contributed by atoms with Gasteiger partial charge in [-0.25, -0.2) is 4.79 Å². The van der Waals surface area contributed by atoms with E-state index in [4.69, 9.17) is 9.15 Å². The van der Waals surface area contributed by atoms with Crippen LogP contribution in [0.15, 0.2) is 68.2 Å². The van der Waals surface area contributed by atoms with Crippen molar-refractivity contribution in [3.05, 3.63) is 80.5 Å². The zero-order valence-corrected chi connectivity index (χ0v) is 16.0. The van der Waals surface area contributed by atoms with Gasteiger partial charge in [-0.3, -0.25) is 4.79 Å². The van der Waals surface area contributed by atoms with Gasteiger partial charge >= 0.3 is 5.63 Å². The zero-order valence-electron chi connectivity index (χ0n) is 15.2. The van der Waals surface area contributed by atoms with E-state index in [0.717, 1.165) is 4.88 Å². The molecule has 0 aliphatic carbocycles. The minimum Gasteiger partial charge on any atom is -0.469 e. The molecule has 1 amide bonds. The molecule has 2 atom stereocenters. The lowest BCUT2D eigenvalue weighted by Gasteiger charge is -2.28. The Morgan fingerprint density at radius 1 is 1.11 bits per heavy atom. The number of fused-ring (bicyclic) bond motifs is 1. The standard InChI is InChI=1S/C21H16N2O4S/c1-12-11-15-17(19(24)26-12)18(16-9-6-10-28-16)21(27-15)13(2)22-23(20(21)25)14-7-4-3-5-8-14/h3-11,18H,1-2H3/t18-,21+/m0/s1. The molecule has 140 valence electrons. The summed E-state index contributed by atoms with van der Waals surface area (Å²) in [4.78, 5) is 27.3. The van der Waals surface area contributed by atoms with Crippen molar-refractivity contribution in [2.45, 2.75) is 25.4 Å². The summed E-state index contributed by atoms with van der Waals surface area (Å²) in [6.07, 6.45) is 0. The summed E-state index contributed by atoms with van der Waals surface area (Å²) in [5.41, 5.74) is -0.356. The van der Waals surface area contributed by atoms with E-state index in [9.17, 15) is 9.59 Å². The van der Waals surface area contributed by atoms with Gasteiger partial charge < -0.3 is 9.15 Å². The van der Waals surface area contributed by atoms with Gasteiger partial charge in [0.1, 0.15) is 11.5 Å². The highest BCUT2D eigenvalue weighted by molar-refractivity contribution is 7.10. The summed E-state index contributed by atoms with van der Waals surface area (Å²) >= 11 is 1.47. The van der Waals surface area contributed by atoms with Crippen LogP contribution >= 0.6 is 11.3 Å². The summed E-state index contributed by atoms with van der Waals surface area (Å²) in [6, 6.07) is 14.7. The number of ether oxygens (including phenoxy) is 1. The van der Waals surface area contributed by atoms with Crippen molar-refractivity contribution in [3.63, 3.8) is 0 Å². The van der Waals surface area contributed by atoms with E-state index in [1.54, 1.807) is 19.9 Å². The largest absolute Gasteiger partial charge is 0.469 e. The number of carbonyl (C=O) groups is 1. The first-order valence-electron chi connectivity index (χ1n) is 8.84. The number of rotatable bonds is 2. The van der Waals surface area contributed by atoms with Crippen LogP contribution in [0.1, 0.15) is 29.0 Å². The Hall–Kier alpha value is -3.19. The van der Waals surface area contributed by atoms with Crippen molar-refractivity contribution in [1.82, 2.24) is 0 Å². The summed E-state index contributed by atoms with van der Waals surface area (Å²) in [5.74, 6) is -0.109. The minimum absolute atomic E-state index is 0.317. The molecule has 5 rings (SSSR count). The first-order valence-corrected chi connectivity index (χ1v) is 9.72. The molecule has 2 aromatic heterocycles. The summed E-state index contributed by atoms with van der Waals surface area (Å²) in [7, 11) is 0. The highest BCUT2D eigenvalue weighted by atomic mass is 32.1. The van der Waals surface area contributed by atoms with Crippen LogP contribution in [0.25, 0.3) is 0 Å². The number of hydrogen-bond acceptors (Lipinski definition) is 6. The summed E-state index contributed by atoms with van der Waals surface area (Å²) < 4.78 is 11.6. The van der Waals surface area contributed by atoms with Gasteiger partial charge in [0.2, 0.25) is 5.60 Å². The van der Waals surface area contributed by atoms with Crippen LogP contribution in [0.2, 0.25) is 0 Å². The van der Waals surface area contributed by atoms with Crippen LogP contribution in [-0.2, 0) is 4.79 Å². The van der Waals surface area contributed by atoms with Gasteiger partial charge in [0.25, 0.3) is 5.91 Å². The highest BCUT2D eigenvalue weighted by Crippen LogP contribution is 2.52. The SMILES string of the molecule is CC1=NN(c2ccccc2)C(=O)[C@@]12Oc1cc(C)oc(=O)c1[C@@H]2c1cccs1. The fourth-order valence-corrected chi connectivity index (χ4v) is 4.84. The molecule has 1 spiro atoms. The Balaban J connectivity index is 1.73. The Morgan fingerprint density at radius 2 is 1.89 bits per heavy atom. The maximum absolute atomic E-state index is 13.7. The normalized spacial score (nSPS) is 23.1. The first kappa shape index (κ1) is 16.9. The van der Waals surface area contributed by atoms with Crippen molar-refractivity contribution >= 4 is 28.6 Å². The number of hydrogen-bond donors (Lipinski definition) is 0. The number of benzene rings is 1. The van der Waals surface area contributed by atoms with E-state index < -0.39 is 17.1 Å². The molecular weight excluding hydrogens is 376 g/mol. The Labute approximate surface area is 164 Å². The quantitative estimate of drug-likeness (QED) is 0.667. The van der Waals surface area contributed by atoms with Crippen molar-refractivity contribution in [1.29, 1.82) is 0 Å². The molecular formula is C21H16N2O4S. The fourth-order valence-electron chi connectivity index (χ4n) is 3.95. The molecule has 0 radical (unpaired) electrons. The fraction of sp³-hybridized carbons (Fsp3) is 0.190. The van der Waals surface area contributed by atoms with Gasteiger partial charge in [0, 0.05) is 10.9 Å². The average molecular weight is 392 g/mol. The zero-order chi connectivity index (χ0) is 19.5. The predicted octanol–water partition coefficient (Wildman–Crippen LogP) is 3.70. The summed E-state index contributed by atoms with van der Waals surface area (Å²) in [5, 5.41) is 7.79. The maximum atomic E-state index is 13.7. The van der Waals surface area contributed by atoms with E-state index in [1.807, 2.05) is 47.8 Å². The molecule has 2 aliphatic rings. The second-order valence-electron chi connectivity index (χ2n) is 6.85. The number of anilines is 1. The van der Waals surface area contributed by atoms with Gasteiger partial charge in [0.15, 0.2) is 0 Å². The summed E-state index contributed by atoms with van der Waals surface area (Å²) in [6.45, 7) is 3.45. The van der Waals surface area contributed by atoms with Crippen molar-refractivity contribution in [2.75, 3.05) is 5.01 Å². The number of hydrazone groups is 1. The number of para-hydroxylation sites is 1. The average Bonchev–Trinajstić information content (AvgIpc) is 3.36. The maximum Gasteiger partial charge on any atom is 0.343 e. The van der Waals surface area contributed by atoms with Gasteiger partial charge in [-0.1, -0.05) is 24.3 Å². The third-order valence-corrected chi connectivity index (χ3v) is 6.10. The number of amides is 1. The molecule has 0 saturated heterocycles. The minimum atomic E-state index is -1.40. The molecule has 0 saturated carbocycles. The Kier molecular flexibility index (Phi) is 3.57. The molecule has 0 fully saturated rings. The Bertz CT molecular complexity index is 1170. The van der Waals surface area contributed by atoms with Crippen LogP contribution in [0.3, 0.4) is 0 Å². The van der Waals surface area contributed by atoms with E-state index in [0.29, 0.717) is 28.5 Å². The van der Waals surface area contributed by atoms with Crippen LogP contribution in [0.4, 0.5) is 5.69 Å². The monoisotopic (exact) mass is 392 g/mol. The van der Waals surface area contributed by atoms with Gasteiger partial charge in [0.05, 0.1) is 22.9 Å². The smallest absolute Gasteiger partial charge is 0.343 e. The lowest BCUT2D eigenvalue weighted by atomic mass is 9.80. The van der Waals surface area contributed by atoms with Crippen molar-refractivity contribution < 1.29 is 13.9 Å². The molecule has 2 aliphatic heterocycles. The van der Waals surface area contributed by atoms with E-state index >= 15 is 0 Å². The molecule has 3 aromatic rings. The van der Waals surface area contributed by atoms with Crippen LogP contribution < -0.4 is 15.4 Å². The number of carbonyl (C=O) groups excluding carboxylic acids is 1. The molecule has 0 N–H and O–H groups in total. The van der Waals surface area contributed by atoms with E-state index in [1.165, 1.54) is 16.3 Å². The van der Waals surface area contributed by atoms with Crippen LogP contribution in [0, 0.1) is 6.92 Å². The molecule has 28 heavy (non-hydrogen) atoms. The Morgan fingerprint density at radius 3 is 2.61 bits per heavy atom. The first-order chi connectivity index (χ1) is 13.5. The lowest BCUT2D eigenvalue weighted by Crippen LogP contribution is -2.52. The third-order valence-electron chi connectivity index (χ3n) is 5.17. The third kappa shape index (κ3) is 2.16. The molecule has 0 bridgehead atoms. The highest BCUT2D eigenvalue weighted by Gasteiger charge is 2.63. The van der Waals surface area contributed by atoms with Gasteiger partial charge in [-0.15, -0.1) is 11.3 Å². The topological polar surface area (TPSA) is 72.1 Å². The van der Waals surface area contributed by atoms with Crippen molar-refractivity contribution in [2.24, 2.45) is 5.10 Å². The number of nitrogens with zero attached hydrogens (tertiary/aromatic N) is 2. The lowest BCUT2D eigenvalue weighted by molar-refractivity contribution is -0.127. The van der Waals surface area contributed by atoms with Crippen LogP contribution in [0.5, 0.6) is 5.75 Å². The predicted molar refractivity (Wildman–Crippen MR) is 106 cm³/mol. The van der Waals surface area contributed by atoms with Crippen LogP contribution in [-0.4, -0.2) is 17.2 Å². The van der Waals surface area contributed by atoms with Crippen molar-refractivity contribution in [3.8, 4) is 5.75 Å². The molecule has 4 heterocycles. The number of thiophene rings is 1. The molecule has 6 nitrogen and oxygen atoms in total. The second-order valence-corrected chi connectivity index (χ2v) is 7.83. The number of aryl methyl sites for hydroxylation is 1. The molecule has 7 heteroatoms. The van der Waals surface area contributed by atoms with Gasteiger partial charge in [-0.05, 0) is 37.4 Å². The molecule has 1 aromatic carbocycles. The second kappa shape index (κ2) is 5.90. The van der Waals surface area contributed by atoms with Gasteiger partial charge in [-0.2, -0.15) is 10.1 Å². The van der Waals surface area contributed by atoms with E-state index in [2.05, 4.69) is 5.10 Å². The van der Waals surface area contributed by atoms with E-state index in [-0.39, 0.29) is 5.91 Å². The molecule has 0 unspecified atom stereocenters.